The van der Waals surface area contributed by atoms with Crippen molar-refractivity contribution < 1.29 is 9.90 Å². The van der Waals surface area contributed by atoms with Crippen LogP contribution in [0.1, 0.15) is 36.0 Å². The first-order chi connectivity index (χ1) is 9.10. The normalized spacial score (nSPS) is 23.1. The molecule has 3 nitrogen and oxygen atoms in total. The highest BCUT2D eigenvalue weighted by Crippen LogP contribution is 2.31. The van der Waals surface area contributed by atoms with Gasteiger partial charge >= 0.3 is 5.97 Å². The van der Waals surface area contributed by atoms with Gasteiger partial charge in [-0.25, -0.2) is 4.79 Å². The summed E-state index contributed by atoms with van der Waals surface area (Å²) in [7, 11) is 0. The van der Waals surface area contributed by atoms with Gasteiger partial charge in [0.15, 0.2) is 0 Å². The van der Waals surface area contributed by atoms with E-state index in [4.69, 9.17) is 5.11 Å². The van der Waals surface area contributed by atoms with Gasteiger partial charge in [-0.15, -0.1) is 0 Å². The first-order valence-corrected chi connectivity index (χ1v) is 8.50. The predicted octanol–water partition coefficient (Wildman–Crippen LogP) is 4.23. The van der Waals surface area contributed by atoms with Gasteiger partial charge in [-0.3, -0.25) is 0 Å². The fourth-order valence-electron chi connectivity index (χ4n) is 2.43. The second-order valence-electron chi connectivity index (χ2n) is 4.85. The maximum absolute atomic E-state index is 10.9. The van der Waals surface area contributed by atoms with Crippen molar-refractivity contribution in [1.82, 2.24) is 0 Å². The van der Waals surface area contributed by atoms with E-state index < -0.39 is 5.97 Å². The van der Waals surface area contributed by atoms with Crippen LogP contribution in [0.15, 0.2) is 22.7 Å². The van der Waals surface area contributed by atoms with Crippen molar-refractivity contribution in [3.63, 3.8) is 0 Å². The maximum atomic E-state index is 10.9. The molecule has 1 fully saturated rings. The summed E-state index contributed by atoms with van der Waals surface area (Å²) in [6.45, 7) is 0. The van der Waals surface area contributed by atoms with Crippen molar-refractivity contribution in [2.45, 2.75) is 37.0 Å². The van der Waals surface area contributed by atoms with Gasteiger partial charge in [0, 0.05) is 21.5 Å². The molecule has 0 heterocycles. The molecule has 0 aliphatic heterocycles. The molecule has 1 aliphatic rings. The van der Waals surface area contributed by atoms with Gasteiger partial charge < -0.3 is 10.4 Å². The van der Waals surface area contributed by atoms with Crippen LogP contribution in [0.4, 0.5) is 5.69 Å². The third-order valence-corrected chi connectivity index (χ3v) is 5.38. The smallest absolute Gasteiger partial charge is 0.335 e. The molecule has 0 aromatic heterocycles. The quantitative estimate of drug-likeness (QED) is 0.858. The molecule has 1 saturated carbocycles. The molecule has 1 aromatic carbocycles. The molecule has 0 radical (unpaired) electrons. The lowest BCUT2D eigenvalue weighted by Gasteiger charge is -2.29. The zero-order valence-electron chi connectivity index (χ0n) is 10.9. The lowest BCUT2D eigenvalue weighted by Crippen LogP contribution is -2.27. The first-order valence-electron chi connectivity index (χ1n) is 6.42. The molecule has 5 heteroatoms. The van der Waals surface area contributed by atoms with Crippen molar-refractivity contribution in [3.05, 3.63) is 28.2 Å². The number of hydrogen-bond acceptors (Lipinski definition) is 3. The summed E-state index contributed by atoms with van der Waals surface area (Å²) in [5.41, 5.74) is 1.29. The van der Waals surface area contributed by atoms with E-state index in [9.17, 15) is 4.79 Å². The number of carboxylic acid groups (broad SMARTS) is 1. The molecule has 19 heavy (non-hydrogen) atoms. The highest BCUT2D eigenvalue weighted by molar-refractivity contribution is 9.10. The Morgan fingerprint density at radius 3 is 2.58 bits per heavy atom. The number of thioether (sulfide) groups is 1. The molecule has 1 aliphatic carbocycles. The van der Waals surface area contributed by atoms with E-state index in [0.717, 1.165) is 15.4 Å². The number of halogens is 1. The number of benzene rings is 1. The van der Waals surface area contributed by atoms with Crippen LogP contribution in [0.3, 0.4) is 0 Å². The predicted molar refractivity (Wildman–Crippen MR) is 84.3 cm³/mol. The molecule has 0 atom stereocenters. The van der Waals surface area contributed by atoms with Crippen molar-refractivity contribution >= 4 is 39.3 Å². The van der Waals surface area contributed by atoms with Crippen LogP contribution in [0.25, 0.3) is 0 Å². The van der Waals surface area contributed by atoms with E-state index >= 15 is 0 Å². The van der Waals surface area contributed by atoms with Gasteiger partial charge in [-0.05, 0) is 66.1 Å². The average Bonchev–Trinajstić information content (AvgIpc) is 2.41. The summed E-state index contributed by atoms with van der Waals surface area (Å²) in [5, 5.41) is 13.2. The van der Waals surface area contributed by atoms with E-state index in [1.807, 2.05) is 17.8 Å². The number of aromatic carboxylic acids is 1. The Bertz CT molecular complexity index is 459. The fraction of sp³-hybridized carbons (Fsp3) is 0.500. The van der Waals surface area contributed by atoms with Gasteiger partial charge in [0.05, 0.1) is 5.56 Å². The minimum Gasteiger partial charge on any atom is -0.478 e. The Hall–Kier alpha value is -0.680. The number of hydrogen-bond donors (Lipinski definition) is 2. The van der Waals surface area contributed by atoms with Crippen LogP contribution in [-0.4, -0.2) is 28.6 Å². The third kappa shape index (κ3) is 3.89. The van der Waals surface area contributed by atoms with Gasteiger partial charge in [0.25, 0.3) is 0 Å². The van der Waals surface area contributed by atoms with Gasteiger partial charge in [-0.2, -0.15) is 11.8 Å². The summed E-state index contributed by atoms with van der Waals surface area (Å²) in [4.78, 5) is 10.9. The van der Waals surface area contributed by atoms with E-state index in [1.165, 1.54) is 25.7 Å². The molecule has 2 rings (SSSR count). The molecular formula is C14H18BrNO2S. The Balaban J connectivity index is 1.98. The van der Waals surface area contributed by atoms with Crippen LogP contribution < -0.4 is 5.32 Å². The minimum atomic E-state index is -0.896. The number of anilines is 1. The zero-order chi connectivity index (χ0) is 13.8. The molecule has 0 amide bonds. The summed E-state index contributed by atoms with van der Waals surface area (Å²) in [5.74, 6) is -0.896. The standard InChI is InChI=1S/C14H18BrNO2S/c1-19-11-5-3-10(4-6-11)16-13-7-2-9(14(17)18)8-12(13)15/h2,7-8,10-11,16H,3-6H2,1H3,(H,17,18). The van der Waals surface area contributed by atoms with Gasteiger partial charge in [-0.1, -0.05) is 0 Å². The molecule has 0 unspecified atom stereocenters. The van der Waals surface area contributed by atoms with Crippen LogP contribution in [0, 0.1) is 0 Å². The molecule has 0 spiro atoms. The monoisotopic (exact) mass is 343 g/mol. The van der Waals surface area contributed by atoms with E-state index in [1.54, 1.807) is 12.1 Å². The Morgan fingerprint density at radius 1 is 1.37 bits per heavy atom. The number of nitrogens with one attached hydrogen (secondary N) is 1. The van der Waals surface area contributed by atoms with Gasteiger partial charge in [0.2, 0.25) is 0 Å². The average molecular weight is 344 g/mol. The molecule has 0 saturated heterocycles. The van der Waals surface area contributed by atoms with Crippen LogP contribution in [0.5, 0.6) is 0 Å². The lowest BCUT2D eigenvalue weighted by molar-refractivity contribution is 0.0697. The Kier molecular flexibility index (Phi) is 5.16. The maximum Gasteiger partial charge on any atom is 0.335 e. The Labute approximate surface area is 126 Å². The lowest BCUT2D eigenvalue weighted by atomic mass is 9.95. The third-order valence-electron chi connectivity index (χ3n) is 3.58. The number of carboxylic acids is 1. The van der Waals surface area contributed by atoms with Crippen molar-refractivity contribution in [3.8, 4) is 0 Å². The van der Waals surface area contributed by atoms with Crippen molar-refractivity contribution in [1.29, 1.82) is 0 Å². The highest BCUT2D eigenvalue weighted by atomic mass is 79.9. The summed E-state index contributed by atoms with van der Waals surface area (Å²) in [6, 6.07) is 5.63. The Morgan fingerprint density at radius 2 is 2.05 bits per heavy atom. The fourth-order valence-corrected chi connectivity index (χ4v) is 3.66. The van der Waals surface area contributed by atoms with Crippen molar-refractivity contribution in [2.24, 2.45) is 0 Å². The summed E-state index contributed by atoms with van der Waals surface area (Å²) >= 11 is 5.40. The molecule has 2 N–H and O–H groups in total. The minimum absolute atomic E-state index is 0.309. The van der Waals surface area contributed by atoms with Crippen LogP contribution in [-0.2, 0) is 0 Å². The van der Waals surface area contributed by atoms with E-state index in [0.29, 0.717) is 11.6 Å². The van der Waals surface area contributed by atoms with Gasteiger partial charge in [0.1, 0.15) is 0 Å². The zero-order valence-corrected chi connectivity index (χ0v) is 13.3. The van der Waals surface area contributed by atoms with Crippen LogP contribution >= 0.6 is 27.7 Å². The summed E-state index contributed by atoms with van der Waals surface area (Å²) in [6.07, 6.45) is 7.05. The highest BCUT2D eigenvalue weighted by Gasteiger charge is 2.20. The first kappa shape index (κ1) is 14.7. The van der Waals surface area contributed by atoms with Crippen molar-refractivity contribution in [2.75, 3.05) is 11.6 Å². The number of rotatable bonds is 4. The molecule has 0 bridgehead atoms. The summed E-state index contributed by atoms with van der Waals surface area (Å²) < 4.78 is 0.819. The molecular weight excluding hydrogens is 326 g/mol. The SMILES string of the molecule is CSC1CCC(Nc2ccc(C(=O)O)cc2Br)CC1. The van der Waals surface area contributed by atoms with E-state index in [2.05, 4.69) is 27.5 Å². The second-order valence-corrected chi connectivity index (χ2v) is 6.85. The topological polar surface area (TPSA) is 49.3 Å². The number of carbonyl (C=O) groups is 1. The van der Waals surface area contributed by atoms with Crippen LogP contribution in [0.2, 0.25) is 0 Å². The second kappa shape index (κ2) is 6.66. The largest absolute Gasteiger partial charge is 0.478 e. The molecule has 104 valence electrons. The van der Waals surface area contributed by atoms with E-state index in [-0.39, 0.29) is 0 Å². The molecule has 1 aromatic rings.